The topological polar surface area (TPSA) is 74.6 Å². The van der Waals surface area contributed by atoms with Crippen molar-refractivity contribution in [3.8, 4) is 0 Å². The van der Waals surface area contributed by atoms with Gasteiger partial charge in [0.1, 0.15) is 0 Å². The molecule has 2 rings (SSSR count). The molecule has 0 saturated heterocycles. The third-order valence-corrected chi connectivity index (χ3v) is 3.81. The summed E-state index contributed by atoms with van der Waals surface area (Å²) < 4.78 is 0. The van der Waals surface area contributed by atoms with Gasteiger partial charge in [-0.05, 0) is 38.0 Å². The highest BCUT2D eigenvalue weighted by Crippen LogP contribution is 2.57. The van der Waals surface area contributed by atoms with Gasteiger partial charge in [-0.3, -0.25) is 0 Å². The van der Waals surface area contributed by atoms with E-state index in [4.69, 9.17) is 10.2 Å². The fourth-order valence-corrected chi connectivity index (χ4v) is 3.14. The first-order valence-corrected chi connectivity index (χ1v) is 5.22. The zero-order valence-electron chi connectivity index (χ0n) is 8.40. The van der Waals surface area contributed by atoms with E-state index in [-0.39, 0.29) is 11.0 Å². The van der Waals surface area contributed by atoms with Gasteiger partial charge in [0.05, 0.1) is 5.57 Å². The molecule has 2 aliphatic rings. The minimum atomic E-state index is -1.16. The highest BCUT2D eigenvalue weighted by Gasteiger charge is 2.49. The van der Waals surface area contributed by atoms with Gasteiger partial charge < -0.3 is 10.2 Å². The molecule has 0 aromatic carbocycles. The smallest absolute Gasteiger partial charge is 0.332 e. The number of carbonyl (C=O) groups is 2. The van der Waals surface area contributed by atoms with E-state index in [1.54, 1.807) is 0 Å². The van der Waals surface area contributed by atoms with Gasteiger partial charge in [0, 0.05) is 11.5 Å². The Morgan fingerprint density at radius 2 is 1.80 bits per heavy atom. The summed E-state index contributed by atoms with van der Waals surface area (Å²) in [6.07, 6.45) is 5.51. The second-order valence-corrected chi connectivity index (χ2v) is 4.63. The Morgan fingerprint density at radius 3 is 2.13 bits per heavy atom. The van der Waals surface area contributed by atoms with E-state index in [0.29, 0.717) is 5.92 Å². The predicted molar refractivity (Wildman–Crippen MR) is 52.4 cm³/mol. The van der Waals surface area contributed by atoms with Crippen molar-refractivity contribution in [1.29, 1.82) is 0 Å². The summed E-state index contributed by atoms with van der Waals surface area (Å²) in [5, 5.41) is 17.7. The second kappa shape index (κ2) is 3.36. The fourth-order valence-electron chi connectivity index (χ4n) is 3.14. The summed E-state index contributed by atoms with van der Waals surface area (Å²) in [5.74, 6) is -1.61. The van der Waals surface area contributed by atoms with E-state index >= 15 is 0 Å². The number of carboxylic acid groups (broad SMARTS) is 2. The number of carboxylic acids is 2. The van der Waals surface area contributed by atoms with Crippen molar-refractivity contribution >= 4 is 11.9 Å². The van der Waals surface area contributed by atoms with Gasteiger partial charge >= 0.3 is 11.9 Å². The summed E-state index contributed by atoms with van der Waals surface area (Å²) in [4.78, 5) is 21.7. The Labute approximate surface area is 87.6 Å². The van der Waals surface area contributed by atoms with Gasteiger partial charge in [-0.15, -0.1) is 0 Å². The quantitative estimate of drug-likeness (QED) is 0.695. The average Bonchev–Trinajstić information content (AvgIpc) is 2.73. The molecule has 2 saturated carbocycles. The summed E-state index contributed by atoms with van der Waals surface area (Å²) in [5.41, 5.74) is -0.232. The molecule has 82 valence electrons. The van der Waals surface area contributed by atoms with Crippen LogP contribution in [0.25, 0.3) is 0 Å². The van der Waals surface area contributed by atoms with Crippen LogP contribution < -0.4 is 0 Å². The van der Waals surface area contributed by atoms with Gasteiger partial charge in [-0.25, -0.2) is 9.59 Å². The van der Waals surface area contributed by atoms with Crippen molar-refractivity contribution in [2.45, 2.75) is 32.1 Å². The number of hydrogen-bond acceptors (Lipinski definition) is 2. The fraction of sp³-hybridized carbons (Fsp3) is 0.636. The van der Waals surface area contributed by atoms with Crippen LogP contribution in [-0.2, 0) is 9.59 Å². The third-order valence-electron chi connectivity index (χ3n) is 3.81. The Kier molecular flexibility index (Phi) is 2.29. The molecule has 0 aromatic heterocycles. The van der Waals surface area contributed by atoms with Crippen LogP contribution in [-0.4, -0.2) is 22.2 Å². The predicted octanol–water partition coefficient (Wildman–Crippen LogP) is 1.66. The largest absolute Gasteiger partial charge is 0.478 e. The molecule has 15 heavy (non-hydrogen) atoms. The maximum Gasteiger partial charge on any atom is 0.332 e. The molecule has 0 radical (unpaired) electrons. The highest BCUT2D eigenvalue weighted by atomic mass is 16.4. The summed E-state index contributed by atoms with van der Waals surface area (Å²) in [7, 11) is 0. The minimum absolute atomic E-state index is 0.106. The highest BCUT2D eigenvalue weighted by molar-refractivity contribution is 5.96. The van der Waals surface area contributed by atoms with E-state index in [0.717, 1.165) is 38.2 Å². The van der Waals surface area contributed by atoms with Gasteiger partial charge in [-0.1, -0.05) is 0 Å². The molecule has 0 aromatic rings. The molecular weight excluding hydrogens is 196 g/mol. The van der Waals surface area contributed by atoms with Gasteiger partial charge in [-0.2, -0.15) is 0 Å². The maximum absolute atomic E-state index is 11.1. The lowest BCUT2D eigenvalue weighted by molar-refractivity contribution is -0.136. The van der Waals surface area contributed by atoms with Crippen molar-refractivity contribution in [2.24, 2.45) is 11.3 Å². The van der Waals surface area contributed by atoms with E-state index in [1.807, 2.05) is 0 Å². The molecule has 0 atom stereocenters. The number of hydrogen-bond donors (Lipinski definition) is 2. The Bertz CT molecular complexity index is 334. The molecule has 2 aliphatic carbocycles. The van der Waals surface area contributed by atoms with E-state index in [1.165, 1.54) is 0 Å². The zero-order valence-corrected chi connectivity index (χ0v) is 8.40. The molecule has 4 nitrogen and oxygen atoms in total. The molecular formula is C11H14O4. The Balaban J connectivity index is 2.33. The zero-order chi connectivity index (χ0) is 11.1. The van der Waals surface area contributed by atoms with Crippen LogP contribution >= 0.6 is 0 Å². The Morgan fingerprint density at radius 1 is 1.20 bits per heavy atom. The second-order valence-electron chi connectivity index (χ2n) is 4.63. The number of fused-ring (bicyclic) bond motifs is 2. The molecule has 0 heterocycles. The van der Waals surface area contributed by atoms with Crippen LogP contribution in [0.15, 0.2) is 11.6 Å². The lowest BCUT2D eigenvalue weighted by atomic mass is 9.77. The van der Waals surface area contributed by atoms with Crippen molar-refractivity contribution in [3.05, 3.63) is 11.6 Å². The van der Waals surface area contributed by atoms with Crippen molar-refractivity contribution in [1.82, 2.24) is 0 Å². The van der Waals surface area contributed by atoms with Crippen LogP contribution in [0.2, 0.25) is 0 Å². The van der Waals surface area contributed by atoms with Crippen molar-refractivity contribution in [3.63, 3.8) is 0 Å². The maximum atomic E-state index is 11.1. The molecule has 0 aliphatic heterocycles. The number of aliphatic carboxylic acids is 2. The molecule has 2 N–H and O–H groups in total. The van der Waals surface area contributed by atoms with Gasteiger partial charge in [0.2, 0.25) is 0 Å². The normalized spacial score (nSPS) is 34.4. The van der Waals surface area contributed by atoms with Crippen LogP contribution in [0.3, 0.4) is 0 Å². The van der Waals surface area contributed by atoms with Gasteiger partial charge in [0.25, 0.3) is 0 Å². The summed E-state index contributed by atoms with van der Waals surface area (Å²) >= 11 is 0. The molecule has 0 spiro atoms. The van der Waals surface area contributed by atoms with Gasteiger partial charge in [0.15, 0.2) is 0 Å². The Hall–Kier alpha value is -1.32. The first kappa shape index (κ1) is 10.2. The summed E-state index contributed by atoms with van der Waals surface area (Å²) in [6.45, 7) is 0. The molecule has 4 heteroatoms. The molecule has 2 fully saturated rings. The van der Waals surface area contributed by atoms with Crippen LogP contribution in [0.4, 0.5) is 0 Å². The standard InChI is InChI=1S/C11H14O4/c12-9(13)5-8(10(14)15)11-3-1-7(6-11)2-4-11/h5,7H,1-4,6H2,(H,12,13)(H,14,15)/b8-5-. The molecule has 0 amide bonds. The SMILES string of the molecule is O=C(O)/C=C(/C(=O)O)C12CCC(CC1)C2. The lowest BCUT2D eigenvalue weighted by Gasteiger charge is -2.26. The van der Waals surface area contributed by atoms with Crippen molar-refractivity contribution in [2.75, 3.05) is 0 Å². The monoisotopic (exact) mass is 210 g/mol. The summed E-state index contributed by atoms with van der Waals surface area (Å²) in [6, 6.07) is 0. The average molecular weight is 210 g/mol. The van der Waals surface area contributed by atoms with E-state index in [2.05, 4.69) is 0 Å². The molecule has 2 bridgehead atoms. The third kappa shape index (κ3) is 1.64. The van der Waals surface area contributed by atoms with Crippen LogP contribution in [0.1, 0.15) is 32.1 Å². The van der Waals surface area contributed by atoms with Crippen molar-refractivity contribution < 1.29 is 19.8 Å². The van der Waals surface area contributed by atoms with Crippen LogP contribution in [0.5, 0.6) is 0 Å². The first-order chi connectivity index (χ1) is 7.03. The molecule has 0 unspecified atom stereocenters. The van der Waals surface area contributed by atoms with E-state index in [9.17, 15) is 9.59 Å². The first-order valence-electron chi connectivity index (χ1n) is 5.22. The van der Waals surface area contributed by atoms with Crippen LogP contribution in [0, 0.1) is 11.3 Å². The minimum Gasteiger partial charge on any atom is -0.478 e. The van der Waals surface area contributed by atoms with E-state index < -0.39 is 11.9 Å². The number of rotatable bonds is 3. The lowest BCUT2D eigenvalue weighted by Crippen LogP contribution is -2.24.